The van der Waals surface area contributed by atoms with Gasteiger partial charge in [-0.1, -0.05) is 12.8 Å². The average Bonchev–Trinajstić information content (AvgIpc) is 2.93. The van der Waals surface area contributed by atoms with Crippen molar-refractivity contribution in [3.05, 3.63) is 109 Å². The van der Waals surface area contributed by atoms with E-state index >= 15 is 0 Å². The summed E-state index contributed by atoms with van der Waals surface area (Å²) in [4.78, 5) is 0. The van der Waals surface area contributed by atoms with Crippen molar-refractivity contribution in [2.45, 2.75) is 61.8 Å². The molecule has 0 spiro atoms. The number of rotatable bonds is 9. The van der Waals surface area contributed by atoms with Gasteiger partial charge in [0.2, 0.25) is 0 Å². The van der Waals surface area contributed by atoms with Crippen LogP contribution in [0.1, 0.15) is 38.5 Å². The van der Waals surface area contributed by atoms with Crippen LogP contribution in [0.5, 0.6) is 0 Å². The molecular weight excluding hydrogens is 642 g/mol. The van der Waals surface area contributed by atoms with E-state index in [0.29, 0.717) is 0 Å². The fourth-order valence-electron chi connectivity index (χ4n) is 2.58. The van der Waals surface area contributed by atoms with Crippen molar-refractivity contribution >= 4 is 10.1 Å². The Hall–Kier alpha value is -2.54. The molecule has 0 saturated carbocycles. The van der Waals surface area contributed by atoms with Crippen LogP contribution in [0, 0.1) is 18.2 Å². The molecule has 0 saturated heterocycles. The first-order valence-electron chi connectivity index (χ1n) is 11.8. The Bertz CT molecular complexity index is 981. The van der Waals surface area contributed by atoms with Crippen LogP contribution in [0.25, 0.3) is 0 Å². The van der Waals surface area contributed by atoms with Gasteiger partial charge >= 0.3 is 23.3 Å². The van der Waals surface area contributed by atoms with E-state index in [1.165, 1.54) is 0 Å². The Balaban J connectivity index is 0. The van der Waals surface area contributed by atoms with Gasteiger partial charge in [0.15, 0.2) is 10.1 Å². The minimum absolute atomic E-state index is 0. The van der Waals surface area contributed by atoms with Gasteiger partial charge in [-0.3, -0.25) is 0 Å². The Labute approximate surface area is 250 Å². The van der Waals surface area contributed by atoms with E-state index in [1.807, 2.05) is 91.0 Å². The van der Waals surface area contributed by atoms with E-state index in [1.54, 1.807) is 0 Å². The van der Waals surface area contributed by atoms with Gasteiger partial charge < -0.3 is 4.55 Å². The third-order valence-corrected chi connectivity index (χ3v) is 5.55. The number of hydrogen-bond donors (Lipinski definition) is 0. The first-order chi connectivity index (χ1) is 19.0. The molecule has 0 amide bonds. The molecule has 0 aromatic heterocycles. The van der Waals surface area contributed by atoms with Crippen LogP contribution in [0.2, 0.25) is 0 Å². The summed E-state index contributed by atoms with van der Waals surface area (Å²) in [6.07, 6.45) is -9.56. The van der Waals surface area contributed by atoms with Gasteiger partial charge in [-0.15, -0.1) is 0 Å². The van der Waals surface area contributed by atoms with Gasteiger partial charge in [-0.05, 0) is 12.8 Å². The summed E-state index contributed by atoms with van der Waals surface area (Å²) in [6, 6.07) is 37.5. The number of hydrogen-bond acceptors (Lipinski definition) is 3. The summed E-state index contributed by atoms with van der Waals surface area (Å²) in [6.45, 7) is 0. The van der Waals surface area contributed by atoms with Crippen LogP contribution in [0.15, 0.2) is 91.0 Å². The third kappa shape index (κ3) is 17.4. The first-order valence-corrected chi connectivity index (χ1v) is 13.3. The third-order valence-electron chi connectivity index (χ3n) is 4.66. The zero-order chi connectivity index (χ0) is 31.5. The van der Waals surface area contributed by atoms with Crippen LogP contribution < -0.4 is 0 Å². The second kappa shape index (κ2) is 20.4. The zero-order valence-electron chi connectivity index (χ0n) is 21.8. The molecule has 3 nitrogen and oxygen atoms in total. The molecule has 0 atom stereocenters. The van der Waals surface area contributed by atoms with Crippen molar-refractivity contribution in [1.29, 1.82) is 0 Å². The van der Waals surface area contributed by atoms with Crippen LogP contribution in [0.4, 0.5) is 39.5 Å². The smallest absolute Gasteiger partial charge is 0.402 e. The van der Waals surface area contributed by atoms with Gasteiger partial charge in [0.05, 0.1) is 0 Å². The van der Waals surface area contributed by atoms with Gasteiger partial charge in [-0.2, -0.15) is 149 Å². The van der Waals surface area contributed by atoms with Crippen LogP contribution in [-0.4, -0.2) is 36.2 Å². The molecule has 0 aliphatic heterocycles. The molecule has 42 heavy (non-hydrogen) atoms. The number of halogens is 9. The average molecular weight is 670 g/mol. The number of alkyl halides is 9. The van der Waals surface area contributed by atoms with Crippen LogP contribution in [-0.2, 0) is 27.2 Å². The van der Waals surface area contributed by atoms with Crippen molar-refractivity contribution in [1.82, 2.24) is 0 Å². The predicted octanol–water partition coefficient (Wildman–Crippen LogP) is 8.76. The SMILES string of the molecule is O=S(=O)([O-])C(F)(F)C(F)(F)C(F)(F)CCCCCCC(F)(F)F.[Mn].[c-]1ccccc1.[c-]1ccccc1.[c-]1ccccc1. The van der Waals surface area contributed by atoms with Crippen LogP contribution >= 0.6 is 0 Å². The van der Waals surface area contributed by atoms with Crippen molar-refractivity contribution in [3.63, 3.8) is 0 Å². The monoisotopic (exact) mass is 669 g/mol. The van der Waals surface area contributed by atoms with Crippen LogP contribution in [0.3, 0.4) is 0 Å². The van der Waals surface area contributed by atoms with Crippen molar-refractivity contribution < 1.29 is 69.6 Å². The van der Waals surface area contributed by atoms with E-state index in [2.05, 4.69) is 18.2 Å². The number of benzene rings is 3. The van der Waals surface area contributed by atoms with Gasteiger partial charge in [0, 0.05) is 29.9 Å². The van der Waals surface area contributed by atoms with E-state index in [4.69, 9.17) is 0 Å². The van der Waals surface area contributed by atoms with Gasteiger partial charge in [0.25, 0.3) is 0 Å². The maximum atomic E-state index is 13.1. The summed E-state index contributed by atoms with van der Waals surface area (Å²) in [5.41, 5.74) is 0. The van der Waals surface area contributed by atoms with Gasteiger partial charge in [0.1, 0.15) is 0 Å². The molecule has 0 aliphatic rings. The molecule has 3 rings (SSSR count). The Morgan fingerprint density at radius 2 is 0.833 bits per heavy atom. The topological polar surface area (TPSA) is 57.2 Å². The second-order valence-corrected chi connectivity index (χ2v) is 9.43. The summed E-state index contributed by atoms with van der Waals surface area (Å²) < 4.78 is 143. The van der Waals surface area contributed by atoms with E-state index in [-0.39, 0.29) is 23.5 Å². The molecule has 0 heterocycles. The first kappa shape index (κ1) is 41.6. The summed E-state index contributed by atoms with van der Waals surface area (Å²) in [7, 11) is -7.04. The minimum Gasteiger partial charge on any atom is -0.743 e. The maximum Gasteiger partial charge on any atom is 0.402 e. The Kier molecular flexibility index (Phi) is 20.2. The molecular formula is C28H27F9MnO3S-4. The zero-order valence-corrected chi connectivity index (χ0v) is 23.8. The minimum atomic E-state index is -7.04. The van der Waals surface area contributed by atoms with Crippen molar-refractivity contribution in [2.75, 3.05) is 0 Å². The second-order valence-electron chi connectivity index (χ2n) is 8.01. The van der Waals surface area contributed by atoms with E-state index < -0.39 is 65.5 Å². The summed E-state index contributed by atoms with van der Waals surface area (Å²) in [5, 5.41) is -6.51. The van der Waals surface area contributed by atoms with Gasteiger partial charge in [-0.25, -0.2) is 8.42 Å². The maximum absolute atomic E-state index is 13.1. The standard InChI is InChI=1S/C10H13F9O3S.3C6H5.Mn/c11-7(12,5-3-1-2-4-6-8(13,14)15)9(16,17)10(18,19)23(20,21)22;3*1-2-4-6-5-3-1;/h1-6H2,(H,20,21,22);3*1-5H;/q;3*-1;/p-1. The number of unbranched alkanes of at least 4 members (excludes halogenated alkanes) is 3. The molecule has 0 fully saturated rings. The normalized spacial score (nSPS) is 11.7. The summed E-state index contributed by atoms with van der Waals surface area (Å²) in [5.74, 6) is -12.0. The quantitative estimate of drug-likeness (QED) is 0.0753. The molecule has 0 N–H and O–H groups in total. The van der Waals surface area contributed by atoms with E-state index in [9.17, 15) is 52.5 Å². The molecule has 237 valence electrons. The molecule has 1 radical (unpaired) electrons. The largest absolute Gasteiger partial charge is 0.743 e. The summed E-state index contributed by atoms with van der Waals surface area (Å²) >= 11 is 0. The molecule has 0 unspecified atom stereocenters. The predicted molar refractivity (Wildman–Crippen MR) is 134 cm³/mol. The molecule has 3 aromatic carbocycles. The molecule has 0 aliphatic carbocycles. The fraction of sp³-hybridized carbons (Fsp3) is 0.357. The molecule has 0 bridgehead atoms. The van der Waals surface area contributed by atoms with Crippen molar-refractivity contribution in [3.8, 4) is 0 Å². The van der Waals surface area contributed by atoms with E-state index in [0.717, 1.165) is 0 Å². The Morgan fingerprint density at radius 1 is 0.524 bits per heavy atom. The molecule has 14 heteroatoms. The van der Waals surface area contributed by atoms with Crippen molar-refractivity contribution in [2.24, 2.45) is 0 Å². The Morgan fingerprint density at radius 3 is 1.05 bits per heavy atom. The molecule has 3 aromatic rings. The fourth-order valence-corrected chi connectivity index (χ4v) is 3.04.